The second-order valence-corrected chi connectivity index (χ2v) is 6.87. The fourth-order valence-corrected chi connectivity index (χ4v) is 3.80. The first-order valence-electron chi connectivity index (χ1n) is 8.53. The number of hydrogen-bond donors (Lipinski definition) is 1. The zero-order valence-corrected chi connectivity index (χ0v) is 14.0. The third-order valence-electron chi connectivity index (χ3n) is 5.23. The number of nitrogens with zero attached hydrogens (tertiary/aromatic N) is 4. The van der Waals surface area contributed by atoms with Gasteiger partial charge in [-0.3, -0.25) is 9.36 Å². The van der Waals surface area contributed by atoms with Crippen LogP contribution in [0.4, 0.5) is 0 Å². The van der Waals surface area contributed by atoms with Gasteiger partial charge in [0.15, 0.2) is 11.4 Å². The highest BCUT2D eigenvalue weighted by atomic mass is 16.5. The van der Waals surface area contributed by atoms with Crippen molar-refractivity contribution < 1.29 is 14.1 Å². The number of carbonyl (C=O) groups is 1. The Bertz CT molecular complexity index is 1050. The van der Waals surface area contributed by atoms with E-state index < -0.39 is 5.60 Å². The summed E-state index contributed by atoms with van der Waals surface area (Å²) in [5.74, 6) is 0.578. The minimum atomic E-state index is -0.526. The van der Waals surface area contributed by atoms with Gasteiger partial charge in [0, 0.05) is 11.9 Å². The monoisotopic (exact) mass is 355 g/mol. The van der Waals surface area contributed by atoms with Crippen LogP contribution in [0.2, 0.25) is 0 Å². The van der Waals surface area contributed by atoms with Crippen molar-refractivity contribution in [1.82, 2.24) is 24.8 Å². The Labute approximate surface area is 147 Å². The largest absolute Gasteiger partial charge is 0.363 e. The highest BCUT2D eigenvalue weighted by molar-refractivity contribution is 5.86. The van der Waals surface area contributed by atoms with E-state index in [4.69, 9.17) is 9.26 Å². The fourth-order valence-electron chi connectivity index (χ4n) is 3.80. The van der Waals surface area contributed by atoms with E-state index >= 15 is 0 Å². The molecule has 1 unspecified atom stereocenters. The van der Waals surface area contributed by atoms with Crippen LogP contribution in [0.3, 0.4) is 0 Å². The van der Waals surface area contributed by atoms with Gasteiger partial charge in [0.2, 0.25) is 5.91 Å². The normalized spacial score (nSPS) is 22.2. The van der Waals surface area contributed by atoms with E-state index in [-0.39, 0.29) is 24.6 Å². The number of amides is 1. The predicted molar refractivity (Wildman–Crippen MR) is 89.3 cm³/mol. The molecule has 1 fully saturated rings. The predicted octanol–water partition coefficient (Wildman–Crippen LogP) is 0.457. The third kappa shape index (κ3) is 2.35. The molecule has 1 saturated heterocycles. The Morgan fingerprint density at radius 3 is 3.12 bits per heavy atom. The quantitative estimate of drug-likeness (QED) is 0.716. The molecule has 1 N–H and O–H groups in total. The van der Waals surface area contributed by atoms with Crippen LogP contribution in [-0.2, 0) is 29.1 Å². The lowest BCUT2D eigenvalue weighted by atomic mass is 10.0. The van der Waals surface area contributed by atoms with E-state index in [1.165, 1.54) is 0 Å². The minimum Gasteiger partial charge on any atom is -0.363 e. The Hall–Kier alpha value is -2.94. The zero-order valence-electron chi connectivity index (χ0n) is 14.0. The lowest BCUT2D eigenvalue weighted by Crippen LogP contribution is -2.47. The van der Waals surface area contributed by atoms with Crippen molar-refractivity contribution in [3.63, 3.8) is 0 Å². The number of para-hydroxylation sites is 1. The SMILES string of the molecule is O=C(Cc1noc2ccccc12)N1CCC2(C1)Cn1c(n[nH]c1=O)CO2. The van der Waals surface area contributed by atoms with E-state index in [1.54, 1.807) is 9.47 Å². The number of rotatable bonds is 2. The Kier molecular flexibility index (Phi) is 3.26. The number of aromatic nitrogens is 4. The highest BCUT2D eigenvalue weighted by Crippen LogP contribution is 2.31. The number of nitrogens with one attached hydrogen (secondary N) is 1. The summed E-state index contributed by atoms with van der Waals surface area (Å²) >= 11 is 0. The third-order valence-corrected chi connectivity index (χ3v) is 5.23. The van der Waals surface area contributed by atoms with E-state index in [2.05, 4.69) is 15.4 Å². The van der Waals surface area contributed by atoms with Crippen molar-refractivity contribution in [2.75, 3.05) is 13.1 Å². The van der Waals surface area contributed by atoms with Gasteiger partial charge in [-0.15, -0.1) is 0 Å². The molecule has 2 aliphatic heterocycles. The molecule has 0 bridgehead atoms. The number of benzene rings is 1. The molecule has 134 valence electrons. The molecule has 2 aromatic heterocycles. The maximum Gasteiger partial charge on any atom is 0.343 e. The molecule has 9 heteroatoms. The molecular formula is C17H17N5O4. The molecule has 5 rings (SSSR count). The molecule has 4 heterocycles. The van der Waals surface area contributed by atoms with Crippen LogP contribution in [-0.4, -0.2) is 49.4 Å². The zero-order chi connectivity index (χ0) is 17.7. The van der Waals surface area contributed by atoms with Gasteiger partial charge in [-0.05, 0) is 18.6 Å². The summed E-state index contributed by atoms with van der Waals surface area (Å²) in [6, 6.07) is 7.50. The summed E-state index contributed by atoms with van der Waals surface area (Å²) in [4.78, 5) is 26.4. The van der Waals surface area contributed by atoms with Crippen LogP contribution in [0.15, 0.2) is 33.6 Å². The second-order valence-electron chi connectivity index (χ2n) is 6.87. The lowest BCUT2D eigenvalue weighted by Gasteiger charge is -2.33. The Balaban J connectivity index is 1.32. The van der Waals surface area contributed by atoms with Crippen LogP contribution in [0.1, 0.15) is 17.9 Å². The molecule has 1 atom stereocenters. The molecule has 9 nitrogen and oxygen atoms in total. The van der Waals surface area contributed by atoms with E-state index in [0.717, 1.165) is 5.39 Å². The highest BCUT2D eigenvalue weighted by Gasteiger charge is 2.44. The number of fused-ring (bicyclic) bond motifs is 2. The summed E-state index contributed by atoms with van der Waals surface area (Å²) < 4.78 is 12.9. The van der Waals surface area contributed by atoms with Crippen LogP contribution in [0, 0.1) is 0 Å². The standard InChI is InChI=1S/C17H17N5O4/c23-15(7-12-11-3-1-2-4-13(11)26-20-12)21-6-5-17(9-21)10-22-14(8-25-17)18-19-16(22)24/h1-4H,5-10H2,(H,19,24). The molecule has 1 amide bonds. The molecule has 26 heavy (non-hydrogen) atoms. The maximum atomic E-state index is 12.7. The van der Waals surface area contributed by atoms with Crippen molar-refractivity contribution in [3.8, 4) is 0 Å². The number of hydrogen-bond acceptors (Lipinski definition) is 6. The summed E-state index contributed by atoms with van der Waals surface area (Å²) in [6.07, 6.45) is 0.874. The molecule has 0 aliphatic carbocycles. The summed E-state index contributed by atoms with van der Waals surface area (Å²) in [5.41, 5.74) is 0.559. The van der Waals surface area contributed by atoms with Crippen molar-refractivity contribution in [2.45, 2.75) is 31.6 Å². The summed E-state index contributed by atoms with van der Waals surface area (Å²) in [7, 11) is 0. The second kappa shape index (κ2) is 5.53. The van der Waals surface area contributed by atoms with Gasteiger partial charge in [0.25, 0.3) is 0 Å². The van der Waals surface area contributed by atoms with Crippen molar-refractivity contribution in [3.05, 3.63) is 46.3 Å². The lowest BCUT2D eigenvalue weighted by molar-refractivity contribution is -0.132. The number of aromatic amines is 1. The number of ether oxygens (including phenoxy) is 1. The number of carbonyl (C=O) groups excluding carboxylic acids is 1. The van der Waals surface area contributed by atoms with Crippen LogP contribution < -0.4 is 5.69 Å². The average molecular weight is 355 g/mol. The molecule has 3 aromatic rings. The van der Waals surface area contributed by atoms with Gasteiger partial charge in [0.05, 0.1) is 19.5 Å². The maximum absolute atomic E-state index is 12.7. The molecule has 0 radical (unpaired) electrons. The minimum absolute atomic E-state index is 0.0186. The van der Waals surface area contributed by atoms with Crippen molar-refractivity contribution in [1.29, 1.82) is 0 Å². The summed E-state index contributed by atoms with van der Waals surface area (Å²) in [6.45, 7) is 1.73. The number of H-pyrrole nitrogens is 1. The molecule has 1 spiro atoms. The average Bonchev–Trinajstić information content (AvgIpc) is 3.35. The van der Waals surface area contributed by atoms with Crippen molar-refractivity contribution in [2.24, 2.45) is 0 Å². The van der Waals surface area contributed by atoms with Gasteiger partial charge < -0.3 is 14.2 Å². The number of likely N-dealkylation sites (tertiary alicyclic amines) is 1. The van der Waals surface area contributed by atoms with E-state index in [0.29, 0.717) is 43.2 Å². The van der Waals surface area contributed by atoms with E-state index in [1.807, 2.05) is 24.3 Å². The van der Waals surface area contributed by atoms with Gasteiger partial charge in [-0.1, -0.05) is 17.3 Å². The summed E-state index contributed by atoms with van der Waals surface area (Å²) in [5, 5.41) is 11.3. The van der Waals surface area contributed by atoms with Crippen molar-refractivity contribution >= 4 is 16.9 Å². The van der Waals surface area contributed by atoms with Gasteiger partial charge in [-0.2, -0.15) is 5.10 Å². The first kappa shape index (κ1) is 15.3. The Morgan fingerprint density at radius 2 is 2.19 bits per heavy atom. The molecular weight excluding hydrogens is 338 g/mol. The van der Waals surface area contributed by atoms with E-state index in [9.17, 15) is 9.59 Å². The van der Waals surface area contributed by atoms with Gasteiger partial charge in [0.1, 0.15) is 17.9 Å². The molecule has 1 aromatic carbocycles. The topological polar surface area (TPSA) is 106 Å². The first-order valence-corrected chi connectivity index (χ1v) is 8.53. The molecule has 0 saturated carbocycles. The van der Waals surface area contributed by atoms with Crippen LogP contribution in [0.25, 0.3) is 11.0 Å². The van der Waals surface area contributed by atoms with Crippen LogP contribution in [0.5, 0.6) is 0 Å². The first-order chi connectivity index (χ1) is 12.6. The fraction of sp³-hybridized carbons (Fsp3) is 0.412. The van der Waals surface area contributed by atoms with Crippen LogP contribution >= 0.6 is 0 Å². The Morgan fingerprint density at radius 1 is 1.31 bits per heavy atom. The van der Waals surface area contributed by atoms with Gasteiger partial charge >= 0.3 is 5.69 Å². The smallest absolute Gasteiger partial charge is 0.343 e. The molecule has 2 aliphatic rings. The van der Waals surface area contributed by atoms with Gasteiger partial charge in [-0.25, -0.2) is 9.89 Å².